The monoisotopic (exact) mass is 492 g/mol. The van der Waals surface area contributed by atoms with Crippen LogP contribution in [-0.2, 0) is 11.2 Å². The molecule has 1 fully saturated rings. The number of furan rings is 1. The highest BCUT2D eigenvalue weighted by Gasteiger charge is 2.23. The molecule has 7 heteroatoms. The van der Waals surface area contributed by atoms with E-state index in [0.717, 1.165) is 57.7 Å². The van der Waals surface area contributed by atoms with Gasteiger partial charge in [-0.2, -0.15) is 0 Å². The summed E-state index contributed by atoms with van der Waals surface area (Å²) in [5.41, 5.74) is 2.06. The fourth-order valence-electron chi connectivity index (χ4n) is 4.55. The van der Waals surface area contributed by atoms with E-state index in [4.69, 9.17) is 13.9 Å². The summed E-state index contributed by atoms with van der Waals surface area (Å²) in [6.45, 7) is 8.23. The van der Waals surface area contributed by atoms with Crippen molar-refractivity contribution in [2.75, 3.05) is 53.5 Å². The van der Waals surface area contributed by atoms with Crippen LogP contribution in [0.4, 0.5) is 0 Å². The Bertz CT molecular complexity index is 1180. The van der Waals surface area contributed by atoms with Crippen molar-refractivity contribution in [3.63, 3.8) is 0 Å². The standard InChI is InChI=1S/C29H36N2O5/c1-4-5-7-26-27(24-20-22(29(33)34-3)10-13-25(24)36-26)28(32)21-8-11-23(12-9-21)35-19-6-14-31-17-15-30(2)16-18-31/h8-13,20H,4-7,14-19H2,1-3H3. The summed E-state index contributed by atoms with van der Waals surface area (Å²) in [7, 11) is 3.51. The summed E-state index contributed by atoms with van der Waals surface area (Å²) < 4.78 is 16.8. The van der Waals surface area contributed by atoms with Gasteiger partial charge in [0.2, 0.25) is 0 Å². The first kappa shape index (κ1) is 25.9. The maximum absolute atomic E-state index is 13.6. The second kappa shape index (κ2) is 12.2. The van der Waals surface area contributed by atoms with Crippen molar-refractivity contribution in [2.24, 2.45) is 0 Å². The number of unbranched alkanes of at least 4 members (excludes halogenated alkanes) is 1. The molecule has 0 N–H and O–H groups in total. The number of rotatable bonds is 11. The number of aryl methyl sites for hydroxylation is 1. The van der Waals surface area contributed by atoms with Gasteiger partial charge in [-0.25, -0.2) is 4.79 Å². The number of carbonyl (C=O) groups excluding carboxylic acids is 2. The van der Waals surface area contributed by atoms with Gasteiger partial charge in [-0.3, -0.25) is 4.79 Å². The maximum Gasteiger partial charge on any atom is 0.337 e. The predicted molar refractivity (Wildman–Crippen MR) is 140 cm³/mol. The third-order valence-corrected chi connectivity index (χ3v) is 6.77. The second-order valence-corrected chi connectivity index (χ2v) is 9.41. The van der Waals surface area contributed by atoms with Crippen LogP contribution >= 0.6 is 0 Å². The third-order valence-electron chi connectivity index (χ3n) is 6.77. The molecule has 36 heavy (non-hydrogen) atoms. The number of carbonyl (C=O) groups is 2. The van der Waals surface area contributed by atoms with E-state index in [1.165, 1.54) is 7.11 Å². The van der Waals surface area contributed by atoms with Crippen molar-refractivity contribution in [1.29, 1.82) is 0 Å². The molecule has 0 atom stereocenters. The SMILES string of the molecule is CCCCc1oc2ccc(C(=O)OC)cc2c1C(=O)c1ccc(OCCCN2CCN(C)CC2)cc1. The number of nitrogens with zero attached hydrogens (tertiary/aromatic N) is 2. The number of hydrogen-bond acceptors (Lipinski definition) is 7. The zero-order chi connectivity index (χ0) is 25.5. The predicted octanol–water partition coefficient (Wildman–Crippen LogP) is 4.81. The molecule has 1 aliphatic heterocycles. The molecular formula is C29H36N2O5. The summed E-state index contributed by atoms with van der Waals surface area (Å²) in [6, 6.07) is 12.4. The highest BCUT2D eigenvalue weighted by Crippen LogP contribution is 2.31. The molecule has 2 heterocycles. The normalized spacial score (nSPS) is 14.8. The van der Waals surface area contributed by atoms with E-state index < -0.39 is 5.97 Å². The largest absolute Gasteiger partial charge is 0.494 e. The van der Waals surface area contributed by atoms with Gasteiger partial charge in [0.25, 0.3) is 0 Å². The van der Waals surface area contributed by atoms with E-state index in [-0.39, 0.29) is 5.78 Å². The first-order chi connectivity index (χ1) is 17.5. The Morgan fingerprint density at radius 1 is 0.972 bits per heavy atom. The van der Waals surface area contributed by atoms with Crippen molar-refractivity contribution >= 4 is 22.7 Å². The molecule has 4 rings (SSSR count). The minimum Gasteiger partial charge on any atom is -0.494 e. The third kappa shape index (κ3) is 6.15. The summed E-state index contributed by atoms with van der Waals surface area (Å²) in [5.74, 6) is 0.841. The smallest absolute Gasteiger partial charge is 0.337 e. The lowest BCUT2D eigenvalue weighted by Gasteiger charge is -2.32. The highest BCUT2D eigenvalue weighted by molar-refractivity contribution is 6.17. The molecular weight excluding hydrogens is 456 g/mol. The Morgan fingerprint density at radius 3 is 2.39 bits per heavy atom. The Hall–Kier alpha value is -3.16. The lowest BCUT2D eigenvalue weighted by Crippen LogP contribution is -2.44. The molecule has 1 aliphatic rings. The van der Waals surface area contributed by atoms with Gasteiger partial charge >= 0.3 is 5.97 Å². The van der Waals surface area contributed by atoms with E-state index in [9.17, 15) is 9.59 Å². The molecule has 0 saturated carbocycles. The van der Waals surface area contributed by atoms with E-state index >= 15 is 0 Å². The Morgan fingerprint density at radius 2 is 1.69 bits per heavy atom. The van der Waals surface area contributed by atoms with Crippen molar-refractivity contribution in [1.82, 2.24) is 9.80 Å². The lowest BCUT2D eigenvalue weighted by atomic mass is 9.97. The topological polar surface area (TPSA) is 72.2 Å². The number of ether oxygens (including phenoxy) is 2. The zero-order valence-electron chi connectivity index (χ0n) is 21.5. The number of likely N-dealkylation sites (N-methyl/N-ethyl adjacent to an activating group) is 1. The van der Waals surface area contributed by atoms with Crippen LogP contribution in [0.5, 0.6) is 5.75 Å². The molecule has 0 radical (unpaired) electrons. The molecule has 3 aromatic rings. The maximum atomic E-state index is 13.6. The molecule has 0 unspecified atom stereocenters. The van der Waals surface area contributed by atoms with Crippen LogP contribution in [0.25, 0.3) is 11.0 Å². The highest BCUT2D eigenvalue weighted by atomic mass is 16.5. The quantitative estimate of drug-likeness (QED) is 0.216. The minimum atomic E-state index is -0.444. The number of fused-ring (bicyclic) bond motifs is 1. The molecule has 0 aliphatic carbocycles. The first-order valence-corrected chi connectivity index (χ1v) is 12.8. The van der Waals surface area contributed by atoms with Crippen molar-refractivity contribution < 1.29 is 23.5 Å². The summed E-state index contributed by atoms with van der Waals surface area (Å²) in [6.07, 6.45) is 3.52. The number of esters is 1. The molecule has 1 aromatic heterocycles. The van der Waals surface area contributed by atoms with E-state index in [1.54, 1.807) is 30.3 Å². The van der Waals surface area contributed by atoms with Crippen LogP contribution in [0.2, 0.25) is 0 Å². The van der Waals surface area contributed by atoms with Crippen LogP contribution in [-0.4, -0.2) is 75.0 Å². The van der Waals surface area contributed by atoms with Crippen molar-refractivity contribution in [3.05, 3.63) is 64.9 Å². The van der Waals surface area contributed by atoms with Gasteiger partial charge < -0.3 is 23.7 Å². The minimum absolute atomic E-state index is 0.122. The fourth-order valence-corrected chi connectivity index (χ4v) is 4.55. The average Bonchev–Trinajstić information content (AvgIpc) is 3.27. The first-order valence-electron chi connectivity index (χ1n) is 12.8. The Labute approximate surface area is 213 Å². The van der Waals surface area contributed by atoms with Gasteiger partial charge in [0.05, 0.1) is 24.8 Å². The van der Waals surface area contributed by atoms with Crippen molar-refractivity contribution in [2.45, 2.75) is 32.6 Å². The molecule has 1 saturated heterocycles. The number of benzene rings is 2. The van der Waals surface area contributed by atoms with Crippen LogP contribution in [0, 0.1) is 0 Å². The van der Waals surface area contributed by atoms with Crippen LogP contribution in [0.3, 0.4) is 0 Å². The van der Waals surface area contributed by atoms with Crippen molar-refractivity contribution in [3.8, 4) is 5.75 Å². The Kier molecular flexibility index (Phi) is 8.78. The van der Waals surface area contributed by atoms with Gasteiger partial charge in [-0.15, -0.1) is 0 Å². The van der Waals surface area contributed by atoms with Gasteiger partial charge in [-0.05, 0) is 62.4 Å². The number of hydrogen-bond donors (Lipinski definition) is 0. The summed E-state index contributed by atoms with van der Waals surface area (Å²) >= 11 is 0. The van der Waals surface area contributed by atoms with Crippen LogP contribution in [0.1, 0.15) is 58.2 Å². The summed E-state index contributed by atoms with van der Waals surface area (Å²) in [5, 5.41) is 0.637. The second-order valence-electron chi connectivity index (χ2n) is 9.41. The fraction of sp³-hybridized carbons (Fsp3) is 0.448. The number of ketones is 1. The van der Waals surface area contributed by atoms with Gasteiger partial charge in [-0.1, -0.05) is 13.3 Å². The molecule has 0 amide bonds. The molecule has 0 bridgehead atoms. The van der Waals surface area contributed by atoms with Crippen LogP contribution in [0.15, 0.2) is 46.9 Å². The lowest BCUT2D eigenvalue weighted by molar-refractivity contribution is 0.0600. The molecule has 7 nitrogen and oxygen atoms in total. The van der Waals surface area contributed by atoms with Gasteiger partial charge in [0, 0.05) is 50.1 Å². The molecule has 192 valence electrons. The van der Waals surface area contributed by atoms with Gasteiger partial charge in [0.15, 0.2) is 5.78 Å². The molecule has 0 spiro atoms. The number of piperazine rings is 1. The Balaban J connectivity index is 1.45. The zero-order valence-corrected chi connectivity index (χ0v) is 21.5. The summed E-state index contributed by atoms with van der Waals surface area (Å²) in [4.78, 5) is 30.5. The van der Waals surface area contributed by atoms with Crippen LogP contribution < -0.4 is 4.74 Å². The van der Waals surface area contributed by atoms with E-state index in [0.29, 0.717) is 46.4 Å². The van der Waals surface area contributed by atoms with Gasteiger partial charge in [0.1, 0.15) is 17.1 Å². The number of methoxy groups -OCH3 is 1. The van der Waals surface area contributed by atoms with E-state index in [2.05, 4.69) is 23.8 Å². The molecule has 2 aromatic carbocycles. The van der Waals surface area contributed by atoms with E-state index in [1.807, 2.05) is 12.1 Å². The average molecular weight is 493 g/mol.